The first-order valence-corrected chi connectivity index (χ1v) is 5.34. The zero-order chi connectivity index (χ0) is 11.5. The van der Waals surface area contributed by atoms with Crippen LogP contribution in [0.15, 0.2) is 6.07 Å². The maximum absolute atomic E-state index is 9.23. The van der Waals surface area contributed by atoms with Crippen molar-refractivity contribution in [2.45, 2.75) is 25.8 Å². The van der Waals surface area contributed by atoms with E-state index >= 15 is 0 Å². The maximum Gasteiger partial charge on any atom is 0.174 e. The van der Waals surface area contributed by atoms with Crippen LogP contribution in [0.5, 0.6) is 0 Å². The zero-order valence-corrected chi connectivity index (χ0v) is 10.1. The van der Waals surface area contributed by atoms with Crippen molar-refractivity contribution in [2.75, 3.05) is 11.9 Å². The van der Waals surface area contributed by atoms with Gasteiger partial charge in [-0.15, -0.1) is 10.2 Å². The number of halogens is 2. The molecular weight excluding hydrogens is 237 g/mol. The van der Waals surface area contributed by atoms with Gasteiger partial charge in [0.1, 0.15) is 0 Å². The lowest BCUT2D eigenvalue weighted by Gasteiger charge is -2.28. The SMILES string of the molecule is CCC(C)(CO)Nc1cc(Cl)nnc1Cl. The van der Waals surface area contributed by atoms with Gasteiger partial charge in [-0.2, -0.15) is 0 Å². The van der Waals surface area contributed by atoms with Gasteiger partial charge in [0.25, 0.3) is 0 Å². The van der Waals surface area contributed by atoms with Crippen LogP contribution in [0.4, 0.5) is 5.69 Å². The van der Waals surface area contributed by atoms with E-state index in [0.29, 0.717) is 5.69 Å². The van der Waals surface area contributed by atoms with Crippen LogP contribution in [-0.2, 0) is 0 Å². The Morgan fingerprint density at radius 2 is 2.13 bits per heavy atom. The fourth-order valence-corrected chi connectivity index (χ4v) is 1.29. The minimum absolute atomic E-state index is 0.000227. The highest BCUT2D eigenvalue weighted by Crippen LogP contribution is 2.25. The molecule has 1 rings (SSSR count). The zero-order valence-electron chi connectivity index (χ0n) is 8.59. The number of rotatable bonds is 4. The molecule has 6 heteroatoms. The van der Waals surface area contributed by atoms with Gasteiger partial charge < -0.3 is 10.4 Å². The summed E-state index contributed by atoms with van der Waals surface area (Å²) < 4.78 is 0. The molecule has 84 valence electrons. The smallest absolute Gasteiger partial charge is 0.174 e. The molecule has 4 nitrogen and oxygen atoms in total. The molecule has 2 N–H and O–H groups in total. The summed E-state index contributed by atoms with van der Waals surface area (Å²) in [5.41, 5.74) is 0.144. The van der Waals surface area contributed by atoms with Crippen molar-refractivity contribution in [2.24, 2.45) is 0 Å². The topological polar surface area (TPSA) is 58.0 Å². The van der Waals surface area contributed by atoms with Gasteiger partial charge in [0.2, 0.25) is 0 Å². The number of nitrogens with one attached hydrogen (secondary N) is 1. The molecule has 0 saturated heterocycles. The summed E-state index contributed by atoms with van der Waals surface area (Å²) in [7, 11) is 0. The molecule has 0 aliphatic heterocycles. The van der Waals surface area contributed by atoms with E-state index < -0.39 is 5.54 Å². The molecule has 15 heavy (non-hydrogen) atoms. The molecule has 0 radical (unpaired) electrons. The van der Waals surface area contributed by atoms with Crippen molar-refractivity contribution < 1.29 is 5.11 Å². The Morgan fingerprint density at radius 1 is 1.47 bits per heavy atom. The summed E-state index contributed by atoms with van der Waals surface area (Å²) in [5, 5.41) is 20.1. The second-order valence-electron chi connectivity index (χ2n) is 3.57. The van der Waals surface area contributed by atoms with Gasteiger partial charge in [-0.05, 0) is 13.3 Å². The van der Waals surface area contributed by atoms with Gasteiger partial charge in [-0.25, -0.2) is 0 Å². The van der Waals surface area contributed by atoms with Crippen LogP contribution in [0, 0.1) is 0 Å². The summed E-state index contributed by atoms with van der Waals surface area (Å²) in [4.78, 5) is 0. The summed E-state index contributed by atoms with van der Waals surface area (Å²) in [6.07, 6.45) is 0.750. The molecule has 0 aliphatic carbocycles. The van der Waals surface area contributed by atoms with E-state index in [4.69, 9.17) is 23.2 Å². The Bertz CT molecular complexity index is 342. The number of aromatic nitrogens is 2. The Morgan fingerprint density at radius 3 is 2.67 bits per heavy atom. The minimum atomic E-state index is -0.435. The van der Waals surface area contributed by atoms with Crippen LogP contribution in [0.2, 0.25) is 10.3 Å². The average Bonchev–Trinajstić information content (AvgIpc) is 2.23. The lowest BCUT2D eigenvalue weighted by atomic mass is 10.0. The molecule has 0 aromatic carbocycles. The van der Waals surface area contributed by atoms with Crippen molar-refractivity contribution in [1.82, 2.24) is 10.2 Å². The summed E-state index contributed by atoms with van der Waals surface area (Å²) in [5.74, 6) is 0. The summed E-state index contributed by atoms with van der Waals surface area (Å²) >= 11 is 11.5. The van der Waals surface area contributed by atoms with Crippen molar-refractivity contribution in [3.05, 3.63) is 16.4 Å². The van der Waals surface area contributed by atoms with E-state index in [9.17, 15) is 5.11 Å². The molecule has 0 aliphatic rings. The molecule has 0 spiro atoms. The molecule has 0 fully saturated rings. The van der Waals surface area contributed by atoms with E-state index in [-0.39, 0.29) is 16.9 Å². The van der Waals surface area contributed by atoms with Crippen LogP contribution in [-0.4, -0.2) is 27.4 Å². The molecule has 1 atom stereocenters. The van der Waals surface area contributed by atoms with Gasteiger partial charge in [-0.3, -0.25) is 0 Å². The van der Waals surface area contributed by atoms with Crippen LogP contribution < -0.4 is 5.32 Å². The first-order chi connectivity index (χ1) is 7.00. The van der Waals surface area contributed by atoms with Crippen molar-refractivity contribution in [3.8, 4) is 0 Å². The Hall–Kier alpha value is -0.580. The van der Waals surface area contributed by atoms with E-state index in [1.165, 1.54) is 0 Å². The number of aliphatic hydroxyl groups is 1. The van der Waals surface area contributed by atoms with Gasteiger partial charge in [0.05, 0.1) is 17.8 Å². The standard InChI is InChI=1S/C9H13Cl2N3O/c1-3-9(2,5-15)12-6-4-7(10)13-14-8(6)11/h4,15H,3,5H2,1-2H3,(H,12,13). The minimum Gasteiger partial charge on any atom is -0.394 e. The van der Waals surface area contributed by atoms with Crippen LogP contribution in [0.25, 0.3) is 0 Å². The number of hydrogen-bond donors (Lipinski definition) is 2. The predicted octanol–water partition coefficient (Wildman–Crippen LogP) is 2.36. The van der Waals surface area contributed by atoms with Gasteiger partial charge >= 0.3 is 0 Å². The maximum atomic E-state index is 9.23. The molecule has 1 unspecified atom stereocenters. The molecule has 0 bridgehead atoms. The molecular formula is C9H13Cl2N3O. The van der Waals surface area contributed by atoms with Gasteiger partial charge in [0, 0.05) is 6.07 Å². The highest BCUT2D eigenvalue weighted by molar-refractivity contribution is 6.33. The third-order valence-corrected chi connectivity index (χ3v) is 2.75. The third kappa shape index (κ3) is 3.19. The molecule has 0 saturated carbocycles. The molecule has 1 heterocycles. The van der Waals surface area contributed by atoms with Crippen LogP contribution in [0.3, 0.4) is 0 Å². The normalized spacial score (nSPS) is 14.7. The van der Waals surface area contributed by atoms with Crippen molar-refractivity contribution in [1.29, 1.82) is 0 Å². The number of hydrogen-bond acceptors (Lipinski definition) is 4. The average molecular weight is 250 g/mol. The highest BCUT2D eigenvalue weighted by atomic mass is 35.5. The summed E-state index contributed by atoms with van der Waals surface area (Å²) in [6, 6.07) is 1.58. The Balaban J connectivity index is 2.92. The van der Waals surface area contributed by atoms with Gasteiger partial charge in [0.15, 0.2) is 10.3 Å². The van der Waals surface area contributed by atoms with E-state index in [0.717, 1.165) is 6.42 Å². The first-order valence-electron chi connectivity index (χ1n) is 4.58. The van der Waals surface area contributed by atoms with Crippen molar-refractivity contribution in [3.63, 3.8) is 0 Å². The second kappa shape index (κ2) is 4.96. The number of aliphatic hydroxyl groups excluding tert-OH is 1. The lowest BCUT2D eigenvalue weighted by molar-refractivity contribution is 0.219. The third-order valence-electron chi connectivity index (χ3n) is 2.28. The second-order valence-corrected chi connectivity index (χ2v) is 4.31. The Labute approximate surface area is 98.6 Å². The molecule has 1 aromatic heterocycles. The molecule has 1 aromatic rings. The van der Waals surface area contributed by atoms with Crippen LogP contribution >= 0.6 is 23.2 Å². The monoisotopic (exact) mass is 249 g/mol. The number of nitrogens with zero attached hydrogens (tertiary/aromatic N) is 2. The van der Waals surface area contributed by atoms with Crippen LogP contribution in [0.1, 0.15) is 20.3 Å². The van der Waals surface area contributed by atoms with E-state index in [2.05, 4.69) is 15.5 Å². The molecule has 0 amide bonds. The predicted molar refractivity (Wildman–Crippen MR) is 61.5 cm³/mol. The van der Waals surface area contributed by atoms with Crippen molar-refractivity contribution >= 4 is 28.9 Å². The highest BCUT2D eigenvalue weighted by Gasteiger charge is 2.22. The largest absolute Gasteiger partial charge is 0.394 e. The van der Waals surface area contributed by atoms with E-state index in [1.54, 1.807) is 6.07 Å². The first kappa shape index (κ1) is 12.5. The lowest BCUT2D eigenvalue weighted by Crippen LogP contribution is -2.38. The summed E-state index contributed by atoms with van der Waals surface area (Å²) in [6.45, 7) is 3.85. The fraction of sp³-hybridized carbons (Fsp3) is 0.556. The fourth-order valence-electron chi connectivity index (χ4n) is 1.01. The van der Waals surface area contributed by atoms with E-state index in [1.807, 2.05) is 13.8 Å². The number of anilines is 1. The van der Waals surface area contributed by atoms with Gasteiger partial charge in [-0.1, -0.05) is 30.1 Å². The quantitative estimate of drug-likeness (QED) is 0.861. The Kier molecular flexibility index (Phi) is 4.13.